The molecule has 0 aliphatic carbocycles. The zero-order valence-corrected chi connectivity index (χ0v) is 14.4. The number of carbonyl (C=O) groups excluding carboxylic acids is 3. The van der Waals surface area contributed by atoms with Crippen molar-refractivity contribution in [1.82, 2.24) is 10.6 Å². The normalized spacial score (nSPS) is 11.5. The number of ether oxygens (including phenoxy) is 2. The number of nitrogens with one attached hydrogen (secondary N) is 2. The molecular weight excluding hydrogens is 312 g/mol. The van der Waals surface area contributed by atoms with Crippen LogP contribution in [0.15, 0.2) is 24.3 Å². The minimum atomic E-state index is -0.866. The summed E-state index contributed by atoms with van der Waals surface area (Å²) in [5.74, 6) is -0.582. The molecule has 0 saturated carbocycles. The topological polar surface area (TPSA) is 93.7 Å². The summed E-state index contributed by atoms with van der Waals surface area (Å²) in [7, 11) is 0. The third-order valence-corrected chi connectivity index (χ3v) is 2.90. The SMILES string of the molecule is Cc1cccc(O[C@@H](C)C(=O)OCC(=O)NC(=O)NCC(C)C)c1. The molecule has 0 fully saturated rings. The van der Waals surface area contributed by atoms with Crippen LogP contribution in [-0.4, -0.2) is 37.2 Å². The third-order valence-electron chi connectivity index (χ3n) is 2.90. The van der Waals surface area contributed by atoms with Gasteiger partial charge in [-0.2, -0.15) is 0 Å². The average molecular weight is 336 g/mol. The lowest BCUT2D eigenvalue weighted by atomic mass is 10.2. The van der Waals surface area contributed by atoms with E-state index in [1.807, 2.05) is 32.9 Å². The summed E-state index contributed by atoms with van der Waals surface area (Å²) in [5, 5.41) is 4.61. The smallest absolute Gasteiger partial charge is 0.347 e. The van der Waals surface area contributed by atoms with Crippen molar-refractivity contribution in [2.45, 2.75) is 33.8 Å². The standard InChI is InChI=1S/C17H24N2O5/c1-11(2)9-18-17(22)19-15(20)10-23-16(21)13(4)24-14-7-5-6-12(3)8-14/h5-8,11,13H,9-10H2,1-4H3,(H2,18,19,20,22)/t13-/m0/s1. The molecule has 132 valence electrons. The molecule has 0 aromatic heterocycles. The van der Waals surface area contributed by atoms with Crippen LogP contribution in [0.3, 0.4) is 0 Å². The lowest BCUT2D eigenvalue weighted by molar-refractivity contribution is -0.154. The predicted molar refractivity (Wildman–Crippen MR) is 88.6 cm³/mol. The summed E-state index contributed by atoms with van der Waals surface area (Å²) >= 11 is 0. The zero-order valence-electron chi connectivity index (χ0n) is 14.4. The summed E-state index contributed by atoms with van der Waals surface area (Å²) in [6, 6.07) is 6.61. The molecule has 3 amide bonds. The van der Waals surface area contributed by atoms with Crippen molar-refractivity contribution in [2.24, 2.45) is 5.92 Å². The maximum atomic E-state index is 11.8. The Hall–Kier alpha value is -2.57. The van der Waals surface area contributed by atoms with Crippen molar-refractivity contribution in [3.05, 3.63) is 29.8 Å². The molecule has 7 heteroatoms. The Labute approximate surface area is 141 Å². The highest BCUT2D eigenvalue weighted by molar-refractivity contribution is 5.95. The number of benzene rings is 1. The van der Waals surface area contributed by atoms with Gasteiger partial charge < -0.3 is 14.8 Å². The first-order chi connectivity index (χ1) is 11.3. The number of amides is 3. The molecule has 0 saturated heterocycles. The molecule has 0 heterocycles. The second kappa shape index (κ2) is 9.54. The van der Waals surface area contributed by atoms with Crippen molar-refractivity contribution in [1.29, 1.82) is 0 Å². The highest BCUT2D eigenvalue weighted by Gasteiger charge is 2.18. The number of imide groups is 1. The molecular formula is C17H24N2O5. The fraction of sp³-hybridized carbons (Fsp3) is 0.471. The first kappa shape index (κ1) is 19.5. The second-order valence-corrected chi connectivity index (χ2v) is 5.84. The Kier molecular flexibility index (Phi) is 7.74. The molecule has 0 unspecified atom stereocenters. The minimum Gasteiger partial charge on any atom is -0.479 e. The van der Waals surface area contributed by atoms with Crippen LogP contribution < -0.4 is 15.4 Å². The van der Waals surface area contributed by atoms with Crippen LogP contribution in [0.1, 0.15) is 26.3 Å². The molecule has 0 radical (unpaired) electrons. The molecule has 0 aliphatic rings. The van der Waals surface area contributed by atoms with E-state index in [4.69, 9.17) is 9.47 Å². The van der Waals surface area contributed by atoms with Gasteiger partial charge in [0.25, 0.3) is 5.91 Å². The predicted octanol–water partition coefficient (Wildman–Crippen LogP) is 1.79. The number of rotatable bonds is 7. The van der Waals surface area contributed by atoms with E-state index in [-0.39, 0.29) is 5.92 Å². The summed E-state index contributed by atoms with van der Waals surface area (Å²) in [6.45, 7) is 7.19. The Bertz CT molecular complexity index is 586. The Morgan fingerprint density at radius 3 is 2.50 bits per heavy atom. The van der Waals surface area contributed by atoms with Crippen molar-refractivity contribution in [2.75, 3.05) is 13.2 Å². The average Bonchev–Trinajstić information content (AvgIpc) is 2.50. The monoisotopic (exact) mass is 336 g/mol. The number of carbonyl (C=O) groups is 3. The van der Waals surface area contributed by atoms with Crippen LogP contribution in [0.2, 0.25) is 0 Å². The van der Waals surface area contributed by atoms with Crippen molar-refractivity contribution >= 4 is 17.9 Å². The molecule has 1 atom stereocenters. The Morgan fingerprint density at radius 1 is 1.17 bits per heavy atom. The number of hydrogen-bond acceptors (Lipinski definition) is 5. The van der Waals surface area contributed by atoms with Gasteiger partial charge in [-0.05, 0) is 37.5 Å². The van der Waals surface area contributed by atoms with E-state index < -0.39 is 30.6 Å². The van der Waals surface area contributed by atoms with E-state index in [0.717, 1.165) is 5.56 Å². The first-order valence-electron chi connectivity index (χ1n) is 7.75. The van der Waals surface area contributed by atoms with Crippen LogP contribution in [-0.2, 0) is 14.3 Å². The van der Waals surface area contributed by atoms with Gasteiger partial charge in [0.15, 0.2) is 12.7 Å². The third kappa shape index (κ3) is 7.62. The lowest BCUT2D eigenvalue weighted by Gasteiger charge is -2.14. The Balaban J connectivity index is 2.34. The molecule has 0 aliphatic heterocycles. The van der Waals surface area contributed by atoms with Crippen LogP contribution in [0, 0.1) is 12.8 Å². The maximum absolute atomic E-state index is 11.8. The van der Waals surface area contributed by atoms with Gasteiger partial charge in [-0.25, -0.2) is 9.59 Å². The number of hydrogen-bond donors (Lipinski definition) is 2. The van der Waals surface area contributed by atoms with Crippen LogP contribution in [0.5, 0.6) is 5.75 Å². The fourth-order valence-electron chi connectivity index (χ4n) is 1.70. The summed E-state index contributed by atoms with van der Waals surface area (Å²) in [5.41, 5.74) is 1.000. The summed E-state index contributed by atoms with van der Waals surface area (Å²) in [6.07, 6.45) is -0.866. The van der Waals surface area contributed by atoms with Gasteiger partial charge in [0.1, 0.15) is 5.75 Å². The van der Waals surface area contributed by atoms with E-state index in [9.17, 15) is 14.4 Å². The van der Waals surface area contributed by atoms with Crippen LogP contribution >= 0.6 is 0 Å². The van der Waals surface area contributed by atoms with E-state index in [1.165, 1.54) is 6.92 Å². The van der Waals surface area contributed by atoms with E-state index >= 15 is 0 Å². The molecule has 7 nitrogen and oxygen atoms in total. The van der Waals surface area contributed by atoms with Gasteiger partial charge >= 0.3 is 12.0 Å². The van der Waals surface area contributed by atoms with E-state index in [2.05, 4.69) is 10.6 Å². The number of aryl methyl sites for hydroxylation is 1. The summed E-state index contributed by atoms with van der Waals surface area (Å²) in [4.78, 5) is 34.7. The zero-order chi connectivity index (χ0) is 18.1. The van der Waals surface area contributed by atoms with Crippen molar-refractivity contribution < 1.29 is 23.9 Å². The van der Waals surface area contributed by atoms with E-state index in [0.29, 0.717) is 12.3 Å². The van der Waals surface area contributed by atoms with Crippen LogP contribution in [0.25, 0.3) is 0 Å². The van der Waals surface area contributed by atoms with Crippen molar-refractivity contribution in [3.8, 4) is 5.75 Å². The molecule has 2 N–H and O–H groups in total. The largest absolute Gasteiger partial charge is 0.479 e. The molecule has 24 heavy (non-hydrogen) atoms. The molecule has 0 spiro atoms. The van der Waals surface area contributed by atoms with E-state index in [1.54, 1.807) is 12.1 Å². The van der Waals surface area contributed by atoms with Gasteiger partial charge in [-0.3, -0.25) is 10.1 Å². The fourth-order valence-corrected chi connectivity index (χ4v) is 1.70. The summed E-state index contributed by atoms with van der Waals surface area (Å²) < 4.78 is 10.3. The molecule has 1 aromatic carbocycles. The molecule has 1 aromatic rings. The minimum absolute atomic E-state index is 0.267. The highest BCUT2D eigenvalue weighted by atomic mass is 16.6. The second-order valence-electron chi connectivity index (χ2n) is 5.84. The van der Waals surface area contributed by atoms with Gasteiger partial charge in [-0.15, -0.1) is 0 Å². The van der Waals surface area contributed by atoms with Gasteiger partial charge in [0, 0.05) is 6.54 Å². The van der Waals surface area contributed by atoms with Gasteiger partial charge in [-0.1, -0.05) is 26.0 Å². The van der Waals surface area contributed by atoms with Gasteiger partial charge in [0.05, 0.1) is 0 Å². The number of urea groups is 1. The Morgan fingerprint density at radius 2 is 1.88 bits per heavy atom. The van der Waals surface area contributed by atoms with Gasteiger partial charge in [0.2, 0.25) is 0 Å². The van der Waals surface area contributed by atoms with Crippen molar-refractivity contribution in [3.63, 3.8) is 0 Å². The lowest BCUT2D eigenvalue weighted by Crippen LogP contribution is -2.43. The maximum Gasteiger partial charge on any atom is 0.347 e. The number of esters is 1. The first-order valence-corrected chi connectivity index (χ1v) is 7.75. The molecule has 1 rings (SSSR count). The van der Waals surface area contributed by atoms with Crippen LogP contribution in [0.4, 0.5) is 4.79 Å². The quantitative estimate of drug-likeness (QED) is 0.740. The highest BCUT2D eigenvalue weighted by Crippen LogP contribution is 2.14. The molecule has 0 bridgehead atoms.